The summed E-state index contributed by atoms with van der Waals surface area (Å²) in [6, 6.07) is 0. The molecule has 0 aliphatic carbocycles. The molecule has 0 radical (unpaired) electrons. The molecule has 0 saturated carbocycles. The Hall–Kier alpha value is -2.58. The van der Waals surface area contributed by atoms with Crippen LogP contribution in [0.5, 0.6) is 0 Å². The van der Waals surface area contributed by atoms with Gasteiger partial charge in [-0.05, 0) is 13.8 Å². The molecule has 232 valence electrons. The van der Waals surface area contributed by atoms with Crippen LogP contribution in [0.1, 0.15) is 23.6 Å². The van der Waals surface area contributed by atoms with Gasteiger partial charge in [-0.25, -0.2) is 9.59 Å². The van der Waals surface area contributed by atoms with Gasteiger partial charge in [-0.1, -0.05) is 0 Å². The van der Waals surface area contributed by atoms with E-state index in [1.807, 2.05) is 9.97 Å². The van der Waals surface area contributed by atoms with E-state index in [-0.39, 0.29) is 11.1 Å². The summed E-state index contributed by atoms with van der Waals surface area (Å²) in [4.78, 5) is 77.6. The maximum absolute atomic E-state index is 12.8. The first-order valence-corrected chi connectivity index (χ1v) is 15.1. The normalized spacial score (nSPS) is 39.2. The van der Waals surface area contributed by atoms with Gasteiger partial charge in [-0.3, -0.25) is 37.8 Å². The molecule has 5 rings (SSSR count). The van der Waals surface area contributed by atoms with Crippen molar-refractivity contribution < 1.29 is 56.7 Å². The van der Waals surface area contributed by atoms with Crippen LogP contribution in [0.15, 0.2) is 31.6 Å². The monoisotopic (exact) mass is 638 g/mol. The van der Waals surface area contributed by atoms with Crippen molar-refractivity contribution in [2.45, 2.75) is 62.9 Å². The average molecular weight is 638 g/mol. The molecule has 0 bridgehead atoms. The molecule has 4 N–H and O–H groups in total. The molecular formula is C20H24N4O16P2-2. The Bertz CT molecular complexity index is 1580. The van der Waals surface area contributed by atoms with Gasteiger partial charge in [-0.15, -0.1) is 0 Å². The third-order valence-electron chi connectivity index (χ3n) is 6.75. The molecule has 3 aliphatic heterocycles. The van der Waals surface area contributed by atoms with E-state index in [2.05, 4.69) is 0 Å². The fourth-order valence-electron chi connectivity index (χ4n) is 4.67. The second kappa shape index (κ2) is 11.2. The first kappa shape index (κ1) is 30.9. The summed E-state index contributed by atoms with van der Waals surface area (Å²) in [6.07, 6.45) is -12.2. The third kappa shape index (κ3) is 5.94. The van der Waals surface area contributed by atoms with Crippen molar-refractivity contribution in [1.29, 1.82) is 0 Å². The summed E-state index contributed by atoms with van der Waals surface area (Å²) in [7, 11) is -10.8. The number of phosphoric ester groups is 2. The van der Waals surface area contributed by atoms with Crippen molar-refractivity contribution in [3.05, 3.63) is 65.2 Å². The number of phosphoric acid groups is 2. The van der Waals surface area contributed by atoms with Gasteiger partial charge in [0, 0.05) is 23.5 Å². The molecule has 0 aromatic carbocycles. The van der Waals surface area contributed by atoms with Gasteiger partial charge in [0.15, 0.2) is 12.5 Å². The number of nitrogens with one attached hydrogen (secondary N) is 2. The lowest BCUT2D eigenvalue weighted by atomic mass is 10.1. The Labute approximate surface area is 233 Å². The smallest absolute Gasteiger partial charge is 0.330 e. The van der Waals surface area contributed by atoms with E-state index in [1.165, 1.54) is 13.8 Å². The van der Waals surface area contributed by atoms with Gasteiger partial charge in [0.05, 0.1) is 13.2 Å². The summed E-state index contributed by atoms with van der Waals surface area (Å²) in [5, 5.41) is 21.7. The molecule has 2 unspecified atom stereocenters. The lowest BCUT2D eigenvalue weighted by molar-refractivity contribution is -0.244. The molecule has 42 heavy (non-hydrogen) atoms. The highest BCUT2D eigenvalue weighted by Crippen LogP contribution is 2.50. The van der Waals surface area contributed by atoms with E-state index in [0.717, 1.165) is 21.5 Å². The number of rotatable bonds is 2. The summed E-state index contributed by atoms with van der Waals surface area (Å²) in [6.45, 7) is 0.674. The van der Waals surface area contributed by atoms with E-state index >= 15 is 0 Å². The van der Waals surface area contributed by atoms with Gasteiger partial charge in [0.1, 0.15) is 36.6 Å². The quantitative estimate of drug-likeness (QED) is 0.228. The molecule has 0 spiro atoms. The molecule has 20 nitrogen and oxygen atoms in total. The molecule has 2 aromatic rings. The molecule has 3 aliphatic rings. The van der Waals surface area contributed by atoms with Crippen molar-refractivity contribution in [3.8, 4) is 0 Å². The SMILES string of the molecule is Cc1cn([C@@H]2O[C@@H]3COP(=O)([O-])O[C@@H]4[C@H](O)[C@@H](n5cc(C)c(=O)[nH]c5=O)O[C@H]4COP(=O)([O-])O[C@H]3[C@H]2O)c(=O)[nH]c1=O. The van der Waals surface area contributed by atoms with Crippen molar-refractivity contribution in [2.75, 3.05) is 13.2 Å². The zero-order valence-corrected chi connectivity index (χ0v) is 23.4. The Morgan fingerprint density at radius 1 is 0.762 bits per heavy atom. The minimum absolute atomic E-state index is 0.0337. The summed E-state index contributed by atoms with van der Waals surface area (Å²) in [5.74, 6) is 0. The molecule has 3 saturated heterocycles. The number of hydrogen-bond donors (Lipinski definition) is 4. The predicted molar refractivity (Wildman–Crippen MR) is 129 cm³/mol. The standard InChI is InChI=1S/C20H26N4O16P2/c1-7-3-23(19(29)21-15(7)27)17-11(25)13-9(37-17)5-35-42(33,34)40-14-10(6-36-41(31,32)39-13)38-18(12(14)26)24-4-8(2)16(28)22-20(24)30/h3-4,9-14,17-18,25-26H,5-6H2,1-2H3,(H,31,32)(H,33,34)(H,21,27,29)(H,22,28,30)/p-2/t9-,10+,11-,12+,13-,14+,17-,18+. The van der Waals surface area contributed by atoms with Crippen LogP contribution in [-0.2, 0) is 36.7 Å². The number of nitrogens with zero attached hydrogens (tertiary/aromatic N) is 2. The number of aromatic amines is 2. The lowest BCUT2D eigenvalue weighted by Crippen LogP contribution is -2.42. The molecule has 5 heterocycles. The number of fused-ring (bicyclic) bond motifs is 2. The largest absolute Gasteiger partial charge is 0.756 e. The van der Waals surface area contributed by atoms with Gasteiger partial charge in [0.2, 0.25) is 0 Å². The Morgan fingerprint density at radius 2 is 1.12 bits per heavy atom. The van der Waals surface area contributed by atoms with Crippen LogP contribution in [0.3, 0.4) is 0 Å². The van der Waals surface area contributed by atoms with Crippen LogP contribution in [0.25, 0.3) is 0 Å². The highest BCUT2D eigenvalue weighted by atomic mass is 31.2. The lowest BCUT2D eigenvalue weighted by Gasteiger charge is -2.34. The highest BCUT2D eigenvalue weighted by molar-refractivity contribution is 7.46. The van der Waals surface area contributed by atoms with Crippen LogP contribution < -0.4 is 32.3 Å². The van der Waals surface area contributed by atoms with Crippen molar-refractivity contribution in [1.82, 2.24) is 19.1 Å². The zero-order chi connectivity index (χ0) is 30.7. The van der Waals surface area contributed by atoms with E-state index < -0.39 is 100 Å². The number of ether oxygens (including phenoxy) is 2. The van der Waals surface area contributed by atoms with Crippen LogP contribution in [0, 0.1) is 13.8 Å². The van der Waals surface area contributed by atoms with E-state index in [1.54, 1.807) is 0 Å². The Kier molecular flexibility index (Phi) is 8.20. The molecule has 0 amide bonds. The van der Waals surface area contributed by atoms with Gasteiger partial charge in [-0.2, -0.15) is 0 Å². The molecular weight excluding hydrogens is 614 g/mol. The number of H-pyrrole nitrogens is 2. The summed E-state index contributed by atoms with van der Waals surface area (Å²) < 4.78 is 57.7. The van der Waals surface area contributed by atoms with Crippen LogP contribution >= 0.6 is 15.6 Å². The highest BCUT2D eigenvalue weighted by Gasteiger charge is 2.51. The van der Waals surface area contributed by atoms with Gasteiger partial charge >= 0.3 is 11.4 Å². The fraction of sp³-hybridized carbons (Fsp3) is 0.600. The number of aliphatic hydroxyl groups excluding tert-OH is 2. The fourth-order valence-corrected chi connectivity index (χ4v) is 6.56. The van der Waals surface area contributed by atoms with E-state index in [0.29, 0.717) is 0 Å². The van der Waals surface area contributed by atoms with Crippen LogP contribution in [0.2, 0.25) is 0 Å². The van der Waals surface area contributed by atoms with Crippen molar-refractivity contribution in [2.24, 2.45) is 0 Å². The maximum Gasteiger partial charge on any atom is 0.330 e. The first-order chi connectivity index (χ1) is 19.6. The summed E-state index contributed by atoms with van der Waals surface area (Å²) >= 11 is 0. The number of hydrogen-bond acceptors (Lipinski definition) is 16. The Morgan fingerprint density at radius 3 is 1.48 bits per heavy atom. The molecule has 3 fully saturated rings. The zero-order valence-electron chi connectivity index (χ0n) is 21.6. The molecule has 22 heteroatoms. The van der Waals surface area contributed by atoms with Crippen molar-refractivity contribution >= 4 is 15.6 Å². The number of aliphatic hydroxyl groups is 2. The molecule has 10 atom stereocenters. The van der Waals surface area contributed by atoms with Crippen molar-refractivity contribution in [3.63, 3.8) is 0 Å². The second-order valence-corrected chi connectivity index (χ2v) is 12.4. The second-order valence-electron chi connectivity index (χ2n) is 9.69. The minimum Gasteiger partial charge on any atom is -0.756 e. The topological polar surface area (TPSA) is 286 Å². The van der Waals surface area contributed by atoms with Gasteiger partial charge < -0.3 is 47.6 Å². The minimum atomic E-state index is -5.38. The van der Waals surface area contributed by atoms with E-state index in [9.17, 15) is 48.3 Å². The van der Waals surface area contributed by atoms with E-state index in [4.69, 9.17) is 27.6 Å². The average Bonchev–Trinajstić information content (AvgIpc) is 3.36. The summed E-state index contributed by atoms with van der Waals surface area (Å²) in [5.41, 5.74) is -3.45. The molecule has 2 aromatic heterocycles. The maximum atomic E-state index is 12.8. The first-order valence-electron chi connectivity index (χ1n) is 12.2. The number of aryl methyl sites for hydroxylation is 2. The Balaban J connectivity index is 1.44. The number of aromatic nitrogens is 4. The van der Waals surface area contributed by atoms with Crippen LogP contribution in [-0.4, -0.2) is 79.2 Å². The van der Waals surface area contributed by atoms with Gasteiger partial charge in [0.25, 0.3) is 26.8 Å². The third-order valence-corrected chi connectivity index (χ3v) is 8.69. The van der Waals surface area contributed by atoms with Crippen LogP contribution in [0.4, 0.5) is 0 Å². The predicted octanol–water partition coefficient (Wildman–Crippen LogP) is -4.03.